The summed E-state index contributed by atoms with van der Waals surface area (Å²) in [4.78, 5) is 12.4. The van der Waals surface area contributed by atoms with Gasteiger partial charge in [-0.1, -0.05) is 23.9 Å². The van der Waals surface area contributed by atoms with Crippen molar-refractivity contribution in [2.75, 3.05) is 18.9 Å². The van der Waals surface area contributed by atoms with E-state index in [0.717, 1.165) is 47.6 Å². The van der Waals surface area contributed by atoms with Crippen molar-refractivity contribution in [3.63, 3.8) is 0 Å². The molecule has 1 N–H and O–H groups in total. The molecule has 0 radical (unpaired) electrons. The Kier molecular flexibility index (Phi) is 6.24. The minimum Gasteiger partial charge on any atom is -0.469 e. The quantitative estimate of drug-likeness (QED) is 0.578. The average Bonchev–Trinajstić information content (AvgIpc) is 3.47. The molecule has 1 aromatic carbocycles. The van der Waals surface area contributed by atoms with E-state index >= 15 is 0 Å². The second-order valence-electron chi connectivity index (χ2n) is 7.55. The van der Waals surface area contributed by atoms with E-state index in [1.807, 2.05) is 17.6 Å². The third-order valence-electron chi connectivity index (χ3n) is 5.22. The molecule has 1 aliphatic heterocycles. The summed E-state index contributed by atoms with van der Waals surface area (Å²) in [6.07, 6.45) is 3.85. The molecule has 0 saturated carbocycles. The van der Waals surface area contributed by atoms with Crippen molar-refractivity contribution >= 4 is 17.7 Å². The van der Waals surface area contributed by atoms with Crippen LogP contribution in [0.25, 0.3) is 17.1 Å². The summed E-state index contributed by atoms with van der Waals surface area (Å²) in [5.74, 6) is 1.71. The van der Waals surface area contributed by atoms with Crippen molar-refractivity contribution < 1.29 is 13.9 Å². The smallest absolute Gasteiger partial charge is 0.230 e. The number of benzene rings is 1. The van der Waals surface area contributed by atoms with Gasteiger partial charge in [-0.25, -0.2) is 0 Å². The Hall–Kier alpha value is -2.58. The van der Waals surface area contributed by atoms with Gasteiger partial charge in [0.05, 0.1) is 29.4 Å². The summed E-state index contributed by atoms with van der Waals surface area (Å²) < 4.78 is 13.1. The topological polar surface area (TPSA) is 82.2 Å². The molecule has 0 bridgehead atoms. The molecule has 3 aromatic rings. The number of carbonyl (C=O) groups is 1. The third kappa shape index (κ3) is 4.44. The van der Waals surface area contributed by atoms with Crippen LogP contribution in [-0.4, -0.2) is 45.7 Å². The van der Waals surface area contributed by atoms with Crippen LogP contribution >= 0.6 is 11.8 Å². The van der Waals surface area contributed by atoms with Crippen molar-refractivity contribution in [1.82, 2.24) is 20.1 Å². The largest absolute Gasteiger partial charge is 0.469 e. The maximum absolute atomic E-state index is 12.4. The predicted octanol–water partition coefficient (Wildman–Crippen LogP) is 3.84. The Morgan fingerprint density at radius 2 is 2.13 bits per heavy atom. The molecular formula is C22H26N4O3S. The van der Waals surface area contributed by atoms with Gasteiger partial charge in [-0.2, -0.15) is 0 Å². The van der Waals surface area contributed by atoms with Crippen LogP contribution in [0.2, 0.25) is 0 Å². The number of aryl methyl sites for hydroxylation is 3. The zero-order chi connectivity index (χ0) is 21.1. The Morgan fingerprint density at radius 1 is 1.27 bits per heavy atom. The minimum absolute atomic E-state index is 0.0351. The van der Waals surface area contributed by atoms with Crippen LogP contribution in [-0.2, 0) is 9.53 Å². The summed E-state index contributed by atoms with van der Waals surface area (Å²) in [6, 6.07) is 8.17. The van der Waals surface area contributed by atoms with Gasteiger partial charge in [0.25, 0.3) is 0 Å². The Labute approximate surface area is 180 Å². The molecule has 1 aliphatic rings. The summed E-state index contributed by atoms with van der Waals surface area (Å²) in [5.41, 5.74) is 4.13. The zero-order valence-electron chi connectivity index (χ0n) is 17.5. The summed E-state index contributed by atoms with van der Waals surface area (Å²) in [6.45, 7) is 7.36. The van der Waals surface area contributed by atoms with Crippen LogP contribution in [0.15, 0.2) is 40.1 Å². The van der Waals surface area contributed by atoms with Gasteiger partial charge in [0, 0.05) is 13.2 Å². The van der Waals surface area contributed by atoms with Gasteiger partial charge >= 0.3 is 0 Å². The molecular weight excluding hydrogens is 400 g/mol. The van der Waals surface area contributed by atoms with E-state index in [1.54, 1.807) is 6.26 Å². The Morgan fingerprint density at radius 3 is 2.87 bits per heavy atom. The number of carbonyl (C=O) groups excluding carboxylic acids is 1. The second-order valence-corrected chi connectivity index (χ2v) is 8.49. The van der Waals surface area contributed by atoms with E-state index in [9.17, 15) is 4.79 Å². The lowest BCUT2D eigenvalue weighted by atomic mass is 10.1. The summed E-state index contributed by atoms with van der Waals surface area (Å²) >= 11 is 1.38. The average molecular weight is 427 g/mol. The highest BCUT2D eigenvalue weighted by molar-refractivity contribution is 7.99. The zero-order valence-corrected chi connectivity index (χ0v) is 18.3. The number of nitrogens with zero attached hydrogens (tertiary/aromatic N) is 3. The molecule has 1 atom stereocenters. The Bertz CT molecular complexity index is 1040. The van der Waals surface area contributed by atoms with Gasteiger partial charge < -0.3 is 14.5 Å². The summed E-state index contributed by atoms with van der Waals surface area (Å²) in [7, 11) is 0. The van der Waals surface area contributed by atoms with Gasteiger partial charge in [0.15, 0.2) is 11.0 Å². The maximum atomic E-state index is 12.4. The molecule has 1 fully saturated rings. The lowest BCUT2D eigenvalue weighted by molar-refractivity contribution is -0.119. The first-order valence-corrected chi connectivity index (χ1v) is 11.1. The number of thioether (sulfide) groups is 1. The number of amides is 1. The molecule has 0 spiro atoms. The first-order chi connectivity index (χ1) is 14.5. The van der Waals surface area contributed by atoms with E-state index < -0.39 is 0 Å². The number of rotatable bonds is 7. The first-order valence-electron chi connectivity index (χ1n) is 10.1. The van der Waals surface area contributed by atoms with Crippen molar-refractivity contribution in [2.45, 2.75) is 44.9 Å². The molecule has 7 nitrogen and oxygen atoms in total. The van der Waals surface area contributed by atoms with E-state index in [1.165, 1.54) is 11.8 Å². The van der Waals surface area contributed by atoms with Crippen LogP contribution in [0.3, 0.4) is 0 Å². The van der Waals surface area contributed by atoms with Crippen molar-refractivity contribution in [3.8, 4) is 17.1 Å². The van der Waals surface area contributed by atoms with Gasteiger partial charge in [-0.05, 0) is 56.9 Å². The van der Waals surface area contributed by atoms with Gasteiger partial charge in [0.2, 0.25) is 5.91 Å². The van der Waals surface area contributed by atoms with Crippen molar-refractivity contribution in [1.29, 1.82) is 0 Å². The molecule has 2 aromatic heterocycles. The molecule has 0 unspecified atom stereocenters. The molecule has 1 amide bonds. The molecule has 3 heterocycles. The molecule has 30 heavy (non-hydrogen) atoms. The van der Waals surface area contributed by atoms with Crippen molar-refractivity contribution in [3.05, 3.63) is 47.4 Å². The highest BCUT2D eigenvalue weighted by Gasteiger charge is 2.21. The third-order valence-corrected chi connectivity index (χ3v) is 6.15. The molecule has 4 rings (SSSR count). The Balaban J connectivity index is 1.58. The lowest BCUT2D eigenvalue weighted by Gasteiger charge is -2.14. The maximum Gasteiger partial charge on any atom is 0.230 e. The fraction of sp³-hybridized carbons (Fsp3) is 0.409. The van der Waals surface area contributed by atoms with Crippen LogP contribution in [0, 0.1) is 20.8 Å². The van der Waals surface area contributed by atoms with E-state index in [0.29, 0.717) is 17.5 Å². The first kappa shape index (κ1) is 20.7. The number of furan rings is 1. The lowest BCUT2D eigenvalue weighted by Crippen LogP contribution is -2.32. The van der Waals surface area contributed by atoms with Crippen LogP contribution < -0.4 is 5.32 Å². The van der Waals surface area contributed by atoms with Crippen LogP contribution in [0.4, 0.5) is 0 Å². The summed E-state index contributed by atoms with van der Waals surface area (Å²) in [5, 5.41) is 12.5. The van der Waals surface area contributed by atoms with E-state index in [4.69, 9.17) is 9.15 Å². The highest BCUT2D eigenvalue weighted by Crippen LogP contribution is 2.31. The number of nitrogens with one attached hydrogen (secondary N) is 1. The number of hydrogen-bond acceptors (Lipinski definition) is 6. The molecule has 0 aliphatic carbocycles. The van der Waals surface area contributed by atoms with Crippen LogP contribution in [0.1, 0.15) is 29.7 Å². The fourth-order valence-corrected chi connectivity index (χ4v) is 4.32. The number of hydrogen-bond donors (Lipinski definition) is 1. The van der Waals surface area contributed by atoms with Gasteiger partial charge in [-0.15, -0.1) is 10.2 Å². The predicted molar refractivity (Wildman–Crippen MR) is 116 cm³/mol. The van der Waals surface area contributed by atoms with Gasteiger partial charge in [-0.3, -0.25) is 9.36 Å². The monoisotopic (exact) mass is 426 g/mol. The SMILES string of the molecule is Cc1ccc(C)c(-n2c(SCC(=O)NC[C@H]3CCCO3)nnc2-c2ccoc2C)c1. The normalized spacial score (nSPS) is 16.2. The highest BCUT2D eigenvalue weighted by atomic mass is 32.2. The number of ether oxygens (including phenoxy) is 1. The van der Waals surface area contributed by atoms with Gasteiger partial charge in [0.1, 0.15) is 5.76 Å². The van der Waals surface area contributed by atoms with Crippen LogP contribution in [0.5, 0.6) is 0 Å². The molecule has 158 valence electrons. The van der Waals surface area contributed by atoms with E-state index in [-0.39, 0.29) is 17.8 Å². The second kappa shape index (κ2) is 9.06. The van der Waals surface area contributed by atoms with Crippen molar-refractivity contribution in [2.24, 2.45) is 0 Å². The fourth-order valence-electron chi connectivity index (χ4n) is 3.55. The molecule has 1 saturated heterocycles. The minimum atomic E-state index is -0.0351. The van der Waals surface area contributed by atoms with E-state index in [2.05, 4.69) is 47.6 Å². The number of aromatic nitrogens is 3. The standard InChI is InChI=1S/C22H26N4O3S/c1-14-6-7-15(2)19(11-14)26-21(18-8-10-28-16(18)3)24-25-22(26)30-13-20(27)23-12-17-5-4-9-29-17/h6-8,10-11,17H,4-5,9,12-13H2,1-3H3,(H,23,27)/t17-/m1/s1. The molecule has 8 heteroatoms.